The van der Waals surface area contributed by atoms with E-state index in [0.717, 1.165) is 30.2 Å². The van der Waals surface area contributed by atoms with Crippen LogP contribution in [0.3, 0.4) is 0 Å². The number of benzene rings is 1. The highest BCUT2D eigenvalue weighted by atomic mass is 35.5. The van der Waals surface area contributed by atoms with Crippen molar-refractivity contribution in [3.63, 3.8) is 0 Å². The lowest BCUT2D eigenvalue weighted by Gasteiger charge is -2.16. The summed E-state index contributed by atoms with van der Waals surface area (Å²) in [4.78, 5) is 11.0. The van der Waals surface area contributed by atoms with E-state index in [1.807, 2.05) is 24.3 Å². The summed E-state index contributed by atoms with van der Waals surface area (Å²) >= 11 is 5.99. The van der Waals surface area contributed by atoms with Gasteiger partial charge in [-0.2, -0.15) is 4.98 Å². The van der Waals surface area contributed by atoms with E-state index >= 15 is 0 Å². The lowest BCUT2D eigenvalue weighted by Crippen LogP contribution is -2.20. The Morgan fingerprint density at radius 3 is 2.68 bits per heavy atom. The Kier molecular flexibility index (Phi) is 3.25. The first-order chi connectivity index (χ1) is 9.24. The van der Waals surface area contributed by atoms with Crippen molar-refractivity contribution in [1.29, 1.82) is 0 Å². The number of anilines is 2. The third kappa shape index (κ3) is 2.49. The quantitative estimate of drug-likeness (QED) is 0.915. The second kappa shape index (κ2) is 5.05. The summed E-state index contributed by atoms with van der Waals surface area (Å²) in [5, 5.41) is 0.681. The second-order valence-corrected chi connectivity index (χ2v) is 5.11. The van der Waals surface area contributed by atoms with Gasteiger partial charge in [-0.05, 0) is 30.5 Å². The first kappa shape index (κ1) is 12.2. The molecule has 1 fully saturated rings. The van der Waals surface area contributed by atoms with E-state index in [2.05, 4.69) is 14.9 Å². The summed E-state index contributed by atoms with van der Waals surface area (Å²) in [6, 6.07) is 7.55. The Hall–Kier alpha value is -1.81. The molecule has 5 heteroatoms. The van der Waals surface area contributed by atoms with Gasteiger partial charge in [0, 0.05) is 29.9 Å². The zero-order chi connectivity index (χ0) is 13.2. The van der Waals surface area contributed by atoms with E-state index in [-0.39, 0.29) is 0 Å². The van der Waals surface area contributed by atoms with Gasteiger partial charge in [0.2, 0.25) is 5.95 Å². The third-order valence-electron chi connectivity index (χ3n) is 3.33. The zero-order valence-corrected chi connectivity index (χ0v) is 11.3. The molecule has 1 aliphatic rings. The van der Waals surface area contributed by atoms with Gasteiger partial charge in [0.25, 0.3) is 0 Å². The number of aromatic nitrogens is 2. The molecule has 0 bridgehead atoms. The normalized spacial score (nSPS) is 14.9. The van der Waals surface area contributed by atoms with Crippen LogP contribution < -0.4 is 10.6 Å². The van der Waals surface area contributed by atoms with Crippen LogP contribution in [0.25, 0.3) is 11.1 Å². The second-order valence-electron chi connectivity index (χ2n) is 4.67. The predicted octanol–water partition coefficient (Wildman–Crippen LogP) is 2.98. The fourth-order valence-electron chi connectivity index (χ4n) is 2.33. The summed E-state index contributed by atoms with van der Waals surface area (Å²) < 4.78 is 0. The Morgan fingerprint density at radius 2 is 2.00 bits per heavy atom. The van der Waals surface area contributed by atoms with E-state index in [9.17, 15) is 0 Å². The van der Waals surface area contributed by atoms with Crippen molar-refractivity contribution in [1.82, 2.24) is 9.97 Å². The molecule has 2 N–H and O–H groups in total. The first-order valence-corrected chi connectivity index (χ1v) is 6.75. The molecule has 0 unspecified atom stereocenters. The lowest BCUT2D eigenvalue weighted by atomic mass is 10.1. The minimum Gasteiger partial charge on any atom is -0.383 e. The average Bonchev–Trinajstić information content (AvgIpc) is 2.92. The van der Waals surface area contributed by atoms with Crippen LogP contribution in [0.5, 0.6) is 0 Å². The molecule has 1 aromatic carbocycles. The van der Waals surface area contributed by atoms with Crippen LogP contribution in [0.15, 0.2) is 30.5 Å². The van der Waals surface area contributed by atoms with Crippen LogP contribution in [0, 0.1) is 0 Å². The van der Waals surface area contributed by atoms with Crippen molar-refractivity contribution in [2.75, 3.05) is 23.7 Å². The van der Waals surface area contributed by atoms with Crippen LogP contribution >= 0.6 is 11.6 Å². The number of halogens is 1. The highest BCUT2D eigenvalue weighted by Gasteiger charge is 2.16. The van der Waals surface area contributed by atoms with E-state index in [1.165, 1.54) is 12.8 Å². The van der Waals surface area contributed by atoms with Crippen molar-refractivity contribution in [3.8, 4) is 11.1 Å². The topological polar surface area (TPSA) is 55.0 Å². The van der Waals surface area contributed by atoms with Crippen LogP contribution in [-0.4, -0.2) is 23.1 Å². The van der Waals surface area contributed by atoms with Gasteiger partial charge in [0.05, 0.1) is 0 Å². The molecule has 2 aromatic rings. The van der Waals surface area contributed by atoms with E-state index in [4.69, 9.17) is 17.3 Å². The fraction of sp³-hybridized carbons (Fsp3) is 0.286. The van der Waals surface area contributed by atoms with Crippen LogP contribution in [0.4, 0.5) is 11.8 Å². The van der Waals surface area contributed by atoms with Gasteiger partial charge in [0.1, 0.15) is 5.82 Å². The molecule has 0 spiro atoms. The summed E-state index contributed by atoms with van der Waals surface area (Å²) in [5.41, 5.74) is 7.82. The molecule has 0 saturated carbocycles. The third-order valence-corrected chi connectivity index (χ3v) is 3.57. The number of nitrogens with two attached hydrogens (primary N) is 1. The van der Waals surface area contributed by atoms with Crippen molar-refractivity contribution in [3.05, 3.63) is 35.5 Å². The molecule has 2 heterocycles. The molecule has 1 aromatic heterocycles. The van der Waals surface area contributed by atoms with Gasteiger partial charge in [-0.25, -0.2) is 4.98 Å². The molecule has 3 rings (SSSR count). The molecule has 98 valence electrons. The number of nitrogen functional groups attached to an aromatic ring is 1. The van der Waals surface area contributed by atoms with Crippen molar-refractivity contribution < 1.29 is 0 Å². The lowest BCUT2D eigenvalue weighted by molar-refractivity contribution is 0.901. The standard InChI is InChI=1S/C14H15ClN4/c15-11-5-3-4-10(8-11)12-9-17-14(18-13(12)16)19-6-1-2-7-19/h3-5,8-9H,1-2,6-7H2,(H2,16,17,18). The maximum absolute atomic E-state index is 6.05. The number of rotatable bonds is 2. The molecule has 19 heavy (non-hydrogen) atoms. The smallest absolute Gasteiger partial charge is 0.227 e. The minimum atomic E-state index is 0.499. The molecular formula is C14H15ClN4. The Morgan fingerprint density at radius 1 is 1.21 bits per heavy atom. The van der Waals surface area contributed by atoms with Gasteiger partial charge in [0.15, 0.2) is 0 Å². The zero-order valence-electron chi connectivity index (χ0n) is 10.5. The molecule has 0 radical (unpaired) electrons. The Bertz CT molecular complexity index is 594. The fourth-order valence-corrected chi connectivity index (χ4v) is 2.52. The number of hydrogen-bond donors (Lipinski definition) is 1. The van der Waals surface area contributed by atoms with Crippen LogP contribution in [-0.2, 0) is 0 Å². The van der Waals surface area contributed by atoms with Gasteiger partial charge >= 0.3 is 0 Å². The molecule has 0 atom stereocenters. The monoisotopic (exact) mass is 274 g/mol. The maximum atomic E-state index is 6.05. The molecule has 0 aliphatic carbocycles. The highest BCUT2D eigenvalue weighted by Crippen LogP contribution is 2.28. The van der Waals surface area contributed by atoms with Gasteiger partial charge in [-0.1, -0.05) is 23.7 Å². The van der Waals surface area contributed by atoms with Gasteiger partial charge in [-0.3, -0.25) is 0 Å². The molecule has 0 amide bonds. The van der Waals surface area contributed by atoms with Crippen molar-refractivity contribution in [2.24, 2.45) is 0 Å². The van der Waals surface area contributed by atoms with Crippen molar-refractivity contribution in [2.45, 2.75) is 12.8 Å². The first-order valence-electron chi connectivity index (χ1n) is 6.37. The SMILES string of the molecule is Nc1nc(N2CCCC2)ncc1-c1cccc(Cl)c1. The molecule has 1 saturated heterocycles. The summed E-state index contributed by atoms with van der Waals surface area (Å²) in [5.74, 6) is 1.22. The van der Waals surface area contributed by atoms with Gasteiger partial charge in [-0.15, -0.1) is 0 Å². The molecular weight excluding hydrogens is 260 g/mol. The Balaban J connectivity index is 1.95. The summed E-state index contributed by atoms with van der Waals surface area (Å²) in [7, 11) is 0. The molecule has 1 aliphatic heterocycles. The summed E-state index contributed by atoms with van der Waals surface area (Å²) in [6.07, 6.45) is 4.17. The van der Waals surface area contributed by atoms with Crippen molar-refractivity contribution >= 4 is 23.4 Å². The number of hydrogen-bond acceptors (Lipinski definition) is 4. The maximum Gasteiger partial charge on any atom is 0.227 e. The van der Waals surface area contributed by atoms with E-state index in [0.29, 0.717) is 10.8 Å². The Labute approximate surface area is 117 Å². The largest absolute Gasteiger partial charge is 0.383 e. The minimum absolute atomic E-state index is 0.499. The number of nitrogens with zero attached hydrogens (tertiary/aromatic N) is 3. The molecule has 4 nitrogen and oxygen atoms in total. The van der Waals surface area contributed by atoms with E-state index in [1.54, 1.807) is 6.20 Å². The van der Waals surface area contributed by atoms with E-state index < -0.39 is 0 Å². The van der Waals surface area contributed by atoms with Gasteiger partial charge < -0.3 is 10.6 Å². The predicted molar refractivity (Wildman–Crippen MR) is 78.3 cm³/mol. The average molecular weight is 275 g/mol. The summed E-state index contributed by atoms with van der Waals surface area (Å²) in [6.45, 7) is 2.02. The van der Waals surface area contributed by atoms with Crippen LogP contribution in [0.2, 0.25) is 5.02 Å². The van der Waals surface area contributed by atoms with Crippen LogP contribution in [0.1, 0.15) is 12.8 Å². The highest BCUT2D eigenvalue weighted by molar-refractivity contribution is 6.30.